The van der Waals surface area contributed by atoms with Crippen molar-refractivity contribution in [2.45, 2.75) is 46.5 Å². The molecule has 7 heteroatoms. The Morgan fingerprint density at radius 3 is 2.74 bits per heavy atom. The zero-order valence-corrected chi connectivity index (χ0v) is 18.7. The number of nitrogens with two attached hydrogens (primary N) is 1. The Morgan fingerprint density at radius 2 is 2.03 bits per heavy atom. The maximum absolute atomic E-state index is 12.9. The molecule has 2 amide bonds. The van der Waals surface area contributed by atoms with E-state index in [4.69, 9.17) is 10.2 Å². The fourth-order valence-electron chi connectivity index (χ4n) is 4.30. The fourth-order valence-corrected chi connectivity index (χ4v) is 5.63. The van der Waals surface area contributed by atoms with Gasteiger partial charge in [-0.1, -0.05) is 45.4 Å². The molecule has 0 saturated heterocycles. The number of hydrogen-bond acceptors (Lipinski definition) is 5. The average Bonchev–Trinajstić information content (AvgIpc) is 3.10. The van der Waals surface area contributed by atoms with Crippen molar-refractivity contribution in [3.8, 4) is 0 Å². The summed E-state index contributed by atoms with van der Waals surface area (Å²) in [6.07, 6.45) is 3.69. The zero-order valence-electron chi connectivity index (χ0n) is 17.9. The van der Waals surface area contributed by atoms with Crippen LogP contribution >= 0.6 is 11.3 Å². The lowest BCUT2D eigenvalue weighted by Crippen LogP contribution is -2.29. The van der Waals surface area contributed by atoms with E-state index in [1.165, 1.54) is 17.4 Å². The number of thiophene rings is 1. The van der Waals surface area contributed by atoms with Gasteiger partial charge in [0.1, 0.15) is 5.00 Å². The van der Waals surface area contributed by atoms with E-state index in [1.807, 2.05) is 0 Å². The molecular formula is C24H26N2O4S. The first-order valence-corrected chi connectivity index (χ1v) is 11.3. The van der Waals surface area contributed by atoms with Crippen LogP contribution in [0.5, 0.6) is 0 Å². The van der Waals surface area contributed by atoms with Crippen LogP contribution in [0.3, 0.4) is 0 Å². The number of amides is 2. The third-order valence-corrected chi connectivity index (χ3v) is 7.82. The first-order chi connectivity index (χ1) is 14.7. The van der Waals surface area contributed by atoms with E-state index >= 15 is 0 Å². The Balaban J connectivity index is 1.67. The van der Waals surface area contributed by atoms with Crippen molar-refractivity contribution in [3.63, 3.8) is 0 Å². The smallest absolute Gasteiger partial charge is 0.344 e. The Labute approximate surface area is 184 Å². The Kier molecular flexibility index (Phi) is 5.47. The molecule has 4 rings (SSSR count). The molecule has 162 valence electrons. The molecule has 1 aliphatic carbocycles. The van der Waals surface area contributed by atoms with E-state index in [-0.39, 0.29) is 11.2 Å². The van der Waals surface area contributed by atoms with Crippen molar-refractivity contribution in [1.29, 1.82) is 0 Å². The number of primary amides is 1. The molecule has 0 spiro atoms. The molecule has 0 saturated carbocycles. The summed E-state index contributed by atoms with van der Waals surface area (Å²) < 4.78 is 5.22. The zero-order chi connectivity index (χ0) is 22.3. The number of benzene rings is 1. The molecule has 31 heavy (non-hydrogen) atoms. The predicted octanol–water partition coefficient (Wildman–Crippen LogP) is 4.75. The van der Waals surface area contributed by atoms with E-state index in [9.17, 15) is 14.4 Å². The maximum Gasteiger partial charge on any atom is 0.344 e. The molecule has 0 radical (unpaired) electrons. The van der Waals surface area contributed by atoms with E-state index < -0.39 is 17.4 Å². The minimum atomic E-state index is -0.575. The number of carbonyl (C=O) groups is 2. The second kappa shape index (κ2) is 7.96. The molecule has 2 aromatic heterocycles. The lowest BCUT2D eigenvalue weighted by atomic mass is 9.69. The number of nitrogens with one attached hydrogen (secondary N) is 1. The highest BCUT2D eigenvalue weighted by Crippen LogP contribution is 2.45. The van der Waals surface area contributed by atoms with Gasteiger partial charge in [0.25, 0.3) is 11.8 Å². The topological polar surface area (TPSA) is 102 Å². The molecule has 1 aliphatic rings. The lowest BCUT2D eigenvalue weighted by molar-refractivity contribution is 0.0993. The lowest BCUT2D eigenvalue weighted by Gasteiger charge is -2.36. The van der Waals surface area contributed by atoms with E-state index in [0.29, 0.717) is 27.3 Å². The van der Waals surface area contributed by atoms with Crippen LogP contribution in [0.2, 0.25) is 0 Å². The van der Waals surface area contributed by atoms with Gasteiger partial charge in [-0.3, -0.25) is 9.59 Å². The third kappa shape index (κ3) is 3.90. The van der Waals surface area contributed by atoms with E-state index in [1.54, 1.807) is 24.3 Å². The average molecular weight is 439 g/mol. The minimum absolute atomic E-state index is 0.101. The van der Waals surface area contributed by atoms with Gasteiger partial charge in [0, 0.05) is 4.88 Å². The van der Waals surface area contributed by atoms with Gasteiger partial charge in [-0.25, -0.2) is 4.79 Å². The molecule has 0 fully saturated rings. The molecule has 1 atom stereocenters. The van der Waals surface area contributed by atoms with Crippen molar-refractivity contribution in [3.05, 3.63) is 62.5 Å². The first kappa shape index (κ1) is 21.3. The molecule has 3 aromatic rings. The van der Waals surface area contributed by atoms with Gasteiger partial charge in [0.05, 0.1) is 10.9 Å². The second-order valence-electron chi connectivity index (χ2n) is 8.79. The van der Waals surface area contributed by atoms with Crippen LogP contribution in [-0.2, 0) is 12.8 Å². The van der Waals surface area contributed by atoms with Gasteiger partial charge in [-0.2, -0.15) is 0 Å². The van der Waals surface area contributed by atoms with Gasteiger partial charge < -0.3 is 15.5 Å². The monoisotopic (exact) mass is 438 g/mol. The molecule has 0 unspecified atom stereocenters. The number of anilines is 1. The van der Waals surface area contributed by atoms with Crippen LogP contribution in [0.25, 0.3) is 10.8 Å². The highest BCUT2D eigenvalue weighted by molar-refractivity contribution is 7.17. The number of rotatable bonds is 5. The summed E-state index contributed by atoms with van der Waals surface area (Å²) in [7, 11) is 0. The second-order valence-corrected chi connectivity index (χ2v) is 9.90. The highest BCUT2D eigenvalue weighted by Gasteiger charge is 2.35. The van der Waals surface area contributed by atoms with E-state index in [2.05, 4.69) is 26.1 Å². The number of fused-ring (bicyclic) bond motifs is 2. The van der Waals surface area contributed by atoms with E-state index in [0.717, 1.165) is 36.1 Å². The number of carbonyl (C=O) groups excluding carboxylic acids is 2. The SMILES string of the molecule is CCC(C)(C)[C@@H]1CCc2c(sc(NC(=O)c3cc4ccccc4c(=O)o3)c2C(N)=O)C1. The maximum atomic E-state index is 12.9. The van der Waals surface area contributed by atoms with Gasteiger partial charge >= 0.3 is 5.63 Å². The van der Waals surface area contributed by atoms with Gasteiger partial charge in [-0.15, -0.1) is 11.3 Å². The van der Waals surface area contributed by atoms with Gasteiger partial charge in [0.15, 0.2) is 5.76 Å². The standard InChI is InChI=1S/C24H26N2O4S/c1-4-24(2,3)14-9-10-16-18(12-14)31-22(19(16)20(25)27)26-21(28)17-11-13-7-5-6-8-15(13)23(29)30-17/h5-8,11,14H,4,9-10,12H2,1-3H3,(H2,25,27)(H,26,28)/t14-/m1/s1. The highest BCUT2D eigenvalue weighted by atomic mass is 32.1. The summed E-state index contributed by atoms with van der Waals surface area (Å²) in [5.41, 5.74) is 6.63. The Hall–Kier alpha value is -2.93. The Morgan fingerprint density at radius 1 is 1.29 bits per heavy atom. The minimum Gasteiger partial charge on any atom is -0.417 e. The summed E-state index contributed by atoms with van der Waals surface area (Å²) in [6, 6.07) is 8.45. The van der Waals surface area contributed by atoms with Gasteiger partial charge in [0.2, 0.25) is 0 Å². The molecule has 1 aromatic carbocycles. The molecular weight excluding hydrogens is 412 g/mol. The van der Waals surface area contributed by atoms with Crippen molar-refractivity contribution < 1.29 is 14.0 Å². The van der Waals surface area contributed by atoms with Crippen LogP contribution in [0, 0.1) is 11.3 Å². The van der Waals surface area contributed by atoms with Crippen molar-refractivity contribution >= 4 is 38.9 Å². The quantitative estimate of drug-likeness (QED) is 0.600. The third-order valence-electron chi connectivity index (χ3n) is 6.65. The Bertz CT molecular complexity index is 1240. The molecule has 6 nitrogen and oxygen atoms in total. The van der Waals surface area contributed by atoms with Crippen molar-refractivity contribution in [2.24, 2.45) is 17.1 Å². The summed E-state index contributed by atoms with van der Waals surface area (Å²) >= 11 is 1.40. The van der Waals surface area contributed by atoms with Crippen LogP contribution in [0.1, 0.15) is 65.0 Å². The summed E-state index contributed by atoms with van der Waals surface area (Å²) in [5.74, 6) is -0.725. The predicted molar refractivity (Wildman–Crippen MR) is 123 cm³/mol. The molecule has 3 N–H and O–H groups in total. The summed E-state index contributed by atoms with van der Waals surface area (Å²) in [5, 5.41) is 4.23. The van der Waals surface area contributed by atoms with Crippen LogP contribution in [0.15, 0.2) is 39.5 Å². The summed E-state index contributed by atoms with van der Waals surface area (Å²) in [4.78, 5) is 38.4. The van der Waals surface area contributed by atoms with Crippen LogP contribution in [-0.4, -0.2) is 11.8 Å². The fraction of sp³-hybridized carbons (Fsp3) is 0.375. The van der Waals surface area contributed by atoms with Crippen molar-refractivity contribution in [2.75, 3.05) is 5.32 Å². The summed E-state index contributed by atoms with van der Waals surface area (Å²) in [6.45, 7) is 6.74. The largest absolute Gasteiger partial charge is 0.417 e. The van der Waals surface area contributed by atoms with Crippen molar-refractivity contribution in [1.82, 2.24) is 0 Å². The first-order valence-electron chi connectivity index (χ1n) is 10.5. The molecule has 2 heterocycles. The normalized spacial score (nSPS) is 16.2. The van der Waals surface area contributed by atoms with Crippen LogP contribution in [0.4, 0.5) is 5.00 Å². The molecule has 0 bridgehead atoms. The number of hydrogen-bond donors (Lipinski definition) is 2. The molecule has 0 aliphatic heterocycles. The van der Waals surface area contributed by atoms with Gasteiger partial charge in [-0.05, 0) is 53.7 Å². The van der Waals surface area contributed by atoms with Crippen LogP contribution < -0.4 is 16.7 Å².